The van der Waals surface area contributed by atoms with Gasteiger partial charge in [0.15, 0.2) is 0 Å². The van der Waals surface area contributed by atoms with Gasteiger partial charge in [0.25, 0.3) is 0 Å². The summed E-state index contributed by atoms with van der Waals surface area (Å²) < 4.78 is 0. The molecule has 0 aromatic carbocycles. The van der Waals surface area contributed by atoms with E-state index in [4.69, 9.17) is 0 Å². The summed E-state index contributed by atoms with van der Waals surface area (Å²) in [4.78, 5) is 5.53. The summed E-state index contributed by atoms with van der Waals surface area (Å²) in [7, 11) is 0. The minimum absolute atomic E-state index is 0.549. The highest BCUT2D eigenvalue weighted by Gasteiger charge is 2.25. The third kappa shape index (κ3) is 28.8. The lowest BCUT2D eigenvalue weighted by molar-refractivity contribution is 0.0549. The Morgan fingerprint density at radius 1 is 0.391 bits per heavy atom. The first kappa shape index (κ1) is 43.9. The average Bonchev–Trinajstić information content (AvgIpc) is 3.07. The van der Waals surface area contributed by atoms with Gasteiger partial charge in [-0.15, -0.1) is 0 Å². The molecule has 0 bridgehead atoms. The first-order valence-corrected chi connectivity index (χ1v) is 21.7. The van der Waals surface area contributed by atoms with E-state index in [1.54, 1.807) is 0 Å². The third-order valence-corrected chi connectivity index (χ3v) is 10.6. The molecule has 46 heavy (non-hydrogen) atoms. The van der Waals surface area contributed by atoms with Gasteiger partial charge in [-0.3, -0.25) is 9.80 Å². The van der Waals surface area contributed by atoms with Crippen molar-refractivity contribution in [3.05, 3.63) is 0 Å². The highest BCUT2D eigenvalue weighted by Crippen LogP contribution is 2.15. The number of hydrogen-bond acceptors (Lipinski definition) is 4. The van der Waals surface area contributed by atoms with Gasteiger partial charge in [0.2, 0.25) is 0 Å². The van der Waals surface area contributed by atoms with Gasteiger partial charge in [-0.25, -0.2) is 0 Å². The van der Waals surface area contributed by atoms with Crippen LogP contribution in [0.1, 0.15) is 213 Å². The molecule has 276 valence electrons. The van der Waals surface area contributed by atoms with E-state index in [1.165, 1.54) is 238 Å². The number of nitrogens with one attached hydrogen (secondary N) is 2. The fourth-order valence-electron chi connectivity index (χ4n) is 7.32. The van der Waals surface area contributed by atoms with Crippen LogP contribution < -0.4 is 10.6 Å². The average molecular weight is 649 g/mol. The molecule has 2 N–H and O–H groups in total. The van der Waals surface area contributed by atoms with Crippen LogP contribution in [-0.2, 0) is 0 Å². The van der Waals surface area contributed by atoms with Crippen molar-refractivity contribution in [3.8, 4) is 0 Å². The lowest BCUT2D eigenvalue weighted by atomic mass is 10.1. The van der Waals surface area contributed by atoms with Gasteiger partial charge in [-0.2, -0.15) is 0 Å². The van der Waals surface area contributed by atoms with Crippen molar-refractivity contribution < 1.29 is 0 Å². The third-order valence-electron chi connectivity index (χ3n) is 10.6. The molecule has 1 fully saturated rings. The van der Waals surface area contributed by atoms with E-state index in [0.29, 0.717) is 6.17 Å². The summed E-state index contributed by atoms with van der Waals surface area (Å²) in [6.45, 7) is 16.7. The summed E-state index contributed by atoms with van der Waals surface area (Å²) in [5, 5.41) is 7.80. The monoisotopic (exact) mass is 649 g/mol. The Hall–Kier alpha value is -0.160. The number of rotatable bonds is 37. The highest BCUT2D eigenvalue weighted by atomic mass is 15.4. The van der Waals surface area contributed by atoms with E-state index in [1.807, 2.05) is 0 Å². The zero-order chi connectivity index (χ0) is 33.0. The second kappa shape index (κ2) is 36.1. The lowest BCUT2D eigenvalue weighted by Gasteiger charge is -2.42. The van der Waals surface area contributed by atoms with E-state index in [0.717, 1.165) is 6.54 Å². The van der Waals surface area contributed by atoms with E-state index in [9.17, 15) is 0 Å². The van der Waals surface area contributed by atoms with Crippen molar-refractivity contribution in [2.45, 2.75) is 220 Å². The van der Waals surface area contributed by atoms with Gasteiger partial charge < -0.3 is 10.6 Å². The standard InChI is InChI=1S/C42H88N4/c1-4-7-10-13-16-19-22-25-28-31-34-43-36-38-45-39-40-46(37-33-30-27-24-21-18-15-12-9-6-3)42(41-45)44-35-32-29-26-23-20-17-14-11-8-5-2/h42-44H,4-41H2,1-3H3. The maximum Gasteiger partial charge on any atom is 0.0728 e. The fourth-order valence-corrected chi connectivity index (χ4v) is 7.32. The van der Waals surface area contributed by atoms with Crippen LogP contribution in [0.2, 0.25) is 0 Å². The Kier molecular flexibility index (Phi) is 34.4. The minimum atomic E-state index is 0.549. The molecule has 0 aromatic rings. The van der Waals surface area contributed by atoms with E-state index >= 15 is 0 Å². The molecule has 1 aliphatic rings. The van der Waals surface area contributed by atoms with Crippen molar-refractivity contribution in [2.75, 3.05) is 52.4 Å². The largest absolute Gasteiger partial charge is 0.315 e. The molecule has 1 saturated heterocycles. The molecule has 0 spiro atoms. The zero-order valence-corrected chi connectivity index (χ0v) is 32.3. The molecule has 1 atom stereocenters. The van der Waals surface area contributed by atoms with Crippen LogP contribution >= 0.6 is 0 Å². The second-order valence-electron chi connectivity index (χ2n) is 15.1. The van der Waals surface area contributed by atoms with Gasteiger partial charge in [0.05, 0.1) is 6.17 Å². The summed E-state index contributed by atoms with van der Waals surface area (Å²) >= 11 is 0. The molecule has 1 heterocycles. The first-order valence-electron chi connectivity index (χ1n) is 21.7. The van der Waals surface area contributed by atoms with Crippen LogP contribution in [0, 0.1) is 0 Å². The predicted octanol–water partition coefficient (Wildman–Crippen LogP) is 11.9. The Balaban J connectivity index is 2.21. The first-order chi connectivity index (χ1) is 22.8. The van der Waals surface area contributed by atoms with Crippen LogP contribution in [0.3, 0.4) is 0 Å². The van der Waals surface area contributed by atoms with E-state index < -0.39 is 0 Å². The Morgan fingerprint density at radius 3 is 1.24 bits per heavy atom. The topological polar surface area (TPSA) is 30.5 Å². The minimum Gasteiger partial charge on any atom is -0.315 e. The van der Waals surface area contributed by atoms with Crippen LogP contribution in [-0.4, -0.2) is 68.3 Å². The number of unbranched alkanes of at least 4 members (excludes halogenated alkanes) is 27. The highest BCUT2D eigenvalue weighted by molar-refractivity contribution is 4.81. The lowest BCUT2D eigenvalue weighted by Crippen LogP contribution is -2.59. The van der Waals surface area contributed by atoms with Crippen molar-refractivity contribution >= 4 is 0 Å². The summed E-state index contributed by atoms with van der Waals surface area (Å²) in [5.74, 6) is 0. The van der Waals surface area contributed by atoms with Crippen LogP contribution in [0.25, 0.3) is 0 Å². The normalized spacial score (nSPS) is 16.1. The number of hydrogen-bond donors (Lipinski definition) is 2. The van der Waals surface area contributed by atoms with Gasteiger partial charge >= 0.3 is 0 Å². The molecular formula is C42H88N4. The summed E-state index contributed by atoms with van der Waals surface area (Å²) in [5.41, 5.74) is 0. The van der Waals surface area contributed by atoms with Crippen LogP contribution in [0.5, 0.6) is 0 Å². The summed E-state index contributed by atoms with van der Waals surface area (Å²) in [6.07, 6.45) is 43.3. The van der Waals surface area contributed by atoms with Crippen LogP contribution in [0.15, 0.2) is 0 Å². The molecule has 0 saturated carbocycles. The van der Waals surface area contributed by atoms with E-state index in [2.05, 4.69) is 41.2 Å². The smallest absolute Gasteiger partial charge is 0.0728 e. The van der Waals surface area contributed by atoms with E-state index in [-0.39, 0.29) is 0 Å². The van der Waals surface area contributed by atoms with Crippen molar-refractivity contribution in [2.24, 2.45) is 0 Å². The molecule has 4 nitrogen and oxygen atoms in total. The molecular weight excluding hydrogens is 560 g/mol. The number of nitrogens with zero attached hydrogens (tertiary/aromatic N) is 2. The molecule has 1 unspecified atom stereocenters. The van der Waals surface area contributed by atoms with Crippen molar-refractivity contribution in [1.29, 1.82) is 0 Å². The molecule has 1 aliphatic heterocycles. The molecule has 0 aromatic heterocycles. The number of piperazine rings is 1. The van der Waals surface area contributed by atoms with Crippen LogP contribution in [0.4, 0.5) is 0 Å². The molecule has 0 aliphatic carbocycles. The maximum absolute atomic E-state index is 4.03. The van der Waals surface area contributed by atoms with Crippen molar-refractivity contribution in [3.63, 3.8) is 0 Å². The zero-order valence-electron chi connectivity index (χ0n) is 32.3. The van der Waals surface area contributed by atoms with Gasteiger partial charge in [-0.1, -0.05) is 194 Å². The van der Waals surface area contributed by atoms with Gasteiger partial charge in [0, 0.05) is 32.7 Å². The maximum atomic E-state index is 4.03. The predicted molar refractivity (Wildman–Crippen MR) is 208 cm³/mol. The Bertz CT molecular complexity index is 568. The molecule has 0 amide bonds. The van der Waals surface area contributed by atoms with Crippen molar-refractivity contribution in [1.82, 2.24) is 20.4 Å². The quantitative estimate of drug-likeness (QED) is 0.0656. The SMILES string of the molecule is CCCCCCCCCCCCNCCN1CCN(CCCCCCCCCCCC)C(NCCCCCCCCCCCC)C1. The molecule has 1 rings (SSSR count). The van der Waals surface area contributed by atoms with Gasteiger partial charge in [-0.05, 0) is 38.9 Å². The Morgan fingerprint density at radius 2 is 0.783 bits per heavy atom. The van der Waals surface area contributed by atoms with Gasteiger partial charge in [0.1, 0.15) is 0 Å². The summed E-state index contributed by atoms with van der Waals surface area (Å²) in [6, 6.07) is 0. The fraction of sp³-hybridized carbons (Fsp3) is 1.00. The molecule has 0 radical (unpaired) electrons. The Labute approximate surface area is 291 Å². The second-order valence-corrected chi connectivity index (χ2v) is 15.1. The molecule has 4 heteroatoms.